The highest BCUT2D eigenvalue weighted by Crippen LogP contribution is 2.29. The first-order valence-electron chi connectivity index (χ1n) is 5.80. The van der Waals surface area contributed by atoms with Crippen LogP contribution in [0, 0.1) is 6.92 Å². The largest absolute Gasteiger partial charge is 0.420 e. The minimum absolute atomic E-state index is 0.0897. The van der Waals surface area contributed by atoms with Crippen molar-refractivity contribution < 1.29 is 17.4 Å². The molecule has 0 aliphatic carbocycles. The van der Waals surface area contributed by atoms with Crippen LogP contribution in [-0.2, 0) is 14.3 Å². The Balaban J connectivity index is 2.64. The average molecular weight is 291 g/mol. The molecule has 0 aromatic heterocycles. The summed E-state index contributed by atoms with van der Waals surface area (Å²) in [5, 5.41) is 0. The lowest BCUT2D eigenvalue weighted by Gasteiger charge is -2.10. The van der Waals surface area contributed by atoms with Crippen molar-refractivity contribution in [2.24, 2.45) is 5.73 Å². The van der Waals surface area contributed by atoms with E-state index < -0.39 is 16.2 Å². The predicted molar refractivity (Wildman–Crippen MR) is 74.5 cm³/mol. The first-order chi connectivity index (χ1) is 9.40. The van der Waals surface area contributed by atoms with E-state index in [1.54, 1.807) is 36.4 Å². The molecule has 20 heavy (non-hydrogen) atoms. The monoisotopic (exact) mass is 291 g/mol. The van der Waals surface area contributed by atoms with Crippen LogP contribution in [0.1, 0.15) is 5.56 Å². The van der Waals surface area contributed by atoms with E-state index in [9.17, 15) is 13.2 Å². The second-order valence-corrected chi connectivity index (χ2v) is 5.74. The van der Waals surface area contributed by atoms with Crippen LogP contribution in [0.15, 0.2) is 53.4 Å². The standard InChI is InChI=1S/C14H13NO4S/c1-10-7-8-13(20(17,18)19-14(15)16)12(9-10)11-5-3-2-4-6-11/h2-9H,1H3,(H2,15,16). The molecule has 0 atom stereocenters. The molecule has 2 N–H and O–H groups in total. The molecule has 6 heteroatoms. The van der Waals surface area contributed by atoms with Crippen LogP contribution >= 0.6 is 0 Å². The zero-order valence-electron chi connectivity index (χ0n) is 10.7. The van der Waals surface area contributed by atoms with Gasteiger partial charge in [-0.2, -0.15) is 8.42 Å². The summed E-state index contributed by atoms with van der Waals surface area (Å²) in [6, 6.07) is 13.7. The van der Waals surface area contributed by atoms with Crippen LogP contribution in [0.5, 0.6) is 0 Å². The lowest BCUT2D eigenvalue weighted by Crippen LogP contribution is -2.19. The Morgan fingerprint density at radius 2 is 1.75 bits per heavy atom. The van der Waals surface area contributed by atoms with E-state index >= 15 is 0 Å². The van der Waals surface area contributed by atoms with E-state index in [0.29, 0.717) is 11.1 Å². The van der Waals surface area contributed by atoms with Crippen molar-refractivity contribution in [3.05, 3.63) is 54.1 Å². The van der Waals surface area contributed by atoms with E-state index in [-0.39, 0.29) is 4.90 Å². The number of primary amides is 1. The Morgan fingerprint density at radius 3 is 2.35 bits per heavy atom. The first-order valence-corrected chi connectivity index (χ1v) is 7.21. The van der Waals surface area contributed by atoms with Gasteiger partial charge in [0, 0.05) is 5.56 Å². The van der Waals surface area contributed by atoms with Crippen molar-refractivity contribution in [3.63, 3.8) is 0 Å². The van der Waals surface area contributed by atoms with Crippen LogP contribution in [-0.4, -0.2) is 14.5 Å². The summed E-state index contributed by atoms with van der Waals surface area (Å²) >= 11 is 0. The smallest absolute Gasteiger partial charge is 0.334 e. The van der Waals surface area contributed by atoms with E-state index in [1.165, 1.54) is 6.07 Å². The van der Waals surface area contributed by atoms with Gasteiger partial charge in [0.1, 0.15) is 4.90 Å². The molecule has 0 spiro atoms. The molecule has 5 nitrogen and oxygen atoms in total. The molecule has 0 bridgehead atoms. The molecular formula is C14H13NO4S. The van der Waals surface area contributed by atoms with Gasteiger partial charge in [0.25, 0.3) is 0 Å². The molecule has 0 saturated carbocycles. The highest BCUT2D eigenvalue weighted by molar-refractivity contribution is 7.87. The molecule has 0 fully saturated rings. The molecule has 2 rings (SSSR count). The number of nitrogens with two attached hydrogens (primary N) is 1. The van der Waals surface area contributed by atoms with Gasteiger partial charge in [-0.1, -0.05) is 42.0 Å². The number of hydrogen-bond donors (Lipinski definition) is 1. The van der Waals surface area contributed by atoms with Gasteiger partial charge < -0.3 is 9.92 Å². The van der Waals surface area contributed by atoms with Gasteiger partial charge >= 0.3 is 16.2 Å². The number of carbonyl (C=O) groups excluding carboxylic acids is 1. The van der Waals surface area contributed by atoms with Crippen molar-refractivity contribution in [1.29, 1.82) is 0 Å². The van der Waals surface area contributed by atoms with Crippen molar-refractivity contribution >= 4 is 16.2 Å². The van der Waals surface area contributed by atoms with Crippen molar-refractivity contribution in [1.82, 2.24) is 0 Å². The van der Waals surface area contributed by atoms with Crippen LogP contribution in [0.4, 0.5) is 4.79 Å². The van der Waals surface area contributed by atoms with E-state index in [4.69, 9.17) is 5.73 Å². The molecule has 0 unspecified atom stereocenters. The Labute approximate surface area is 117 Å². The third kappa shape index (κ3) is 2.97. The number of amides is 1. The predicted octanol–water partition coefficient (Wildman–Crippen LogP) is 2.45. The first kappa shape index (κ1) is 14.1. The summed E-state index contributed by atoms with van der Waals surface area (Å²) in [4.78, 5) is 10.6. The molecule has 0 aliphatic heterocycles. The van der Waals surface area contributed by atoms with E-state index in [2.05, 4.69) is 4.18 Å². The summed E-state index contributed by atoms with van der Waals surface area (Å²) in [7, 11) is -4.23. The highest BCUT2D eigenvalue weighted by Gasteiger charge is 2.23. The minimum atomic E-state index is -4.23. The van der Waals surface area contributed by atoms with Gasteiger partial charge in [-0.25, -0.2) is 4.79 Å². The molecule has 104 valence electrons. The fourth-order valence-electron chi connectivity index (χ4n) is 1.86. The number of rotatable bonds is 3. The SMILES string of the molecule is Cc1ccc(S(=O)(=O)OC(N)=O)c(-c2ccccc2)c1. The summed E-state index contributed by atoms with van der Waals surface area (Å²) in [5.41, 5.74) is 6.86. The molecule has 1 amide bonds. The van der Waals surface area contributed by atoms with Crippen LogP contribution < -0.4 is 5.73 Å². The van der Waals surface area contributed by atoms with Gasteiger partial charge in [0.05, 0.1) is 0 Å². The van der Waals surface area contributed by atoms with Crippen LogP contribution in [0.3, 0.4) is 0 Å². The number of hydrogen-bond acceptors (Lipinski definition) is 4. The van der Waals surface area contributed by atoms with E-state index in [0.717, 1.165) is 5.56 Å². The Bertz CT molecular complexity index is 739. The lowest BCUT2D eigenvalue weighted by molar-refractivity contribution is 0.213. The third-order valence-electron chi connectivity index (χ3n) is 2.68. The quantitative estimate of drug-likeness (QED) is 0.880. The molecule has 0 saturated heterocycles. The summed E-state index contributed by atoms with van der Waals surface area (Å²) in [6.45, 7) is 1.85. The molecular weight excluding hydrogens is 278 g/mol. The van der Waals surface area contributed by atoms with Crippen LogP contribution in [0.25, 0.3) is 11.1 Å². The van der Waals surface area contributed by atoms with Gasteiger partial charge in [-0.05, 0) is 24.6 Å². The fraction of sp³-hybridized carbons (Fsp3) is 0.0714. The average Bonchev–Trinajstić information content (AvgIpc) is 2.38. The van der Waals surface area contributed by atoms with Crippen molar-refractivity contribution in [3.8, 4) is 11.1 Å². The molecule has 2 aromatic carbocycles. The second kappa shape index (κ2) is 5.34. The second-order valence-electron chi connectivity index (χ2n) is 4.22. The molecule has 0 heterocycles. The number of benzene rings is 2. The van der Waals surface area contributed by atoms with E-state index in [1.807, 2.05) is 13.0 Å². The van der Waals surface area contributed by atoms with Crippen LogP contribution in [0.2, 0.25) is 0 Å². The maximum atomic E-state index is 12.0. The fourth-order valence-corrected chi connectivity index (χ4v) is 2.85. The Hall–Kier alpha value is -2.34. The molecule has 0 aliphatic rings. The zero-order valence-corrected chi connectivity index (χ0v) is 11.6. The normalized spacial score (nSPS) is 11.1. The summed E-state index contributed by atoms with van der Waals surface area (Å²) < 4.78 is 28.3. The maximum Gasteiger partial charge on any atom is 0.420 e. The van der Waals surface area contributed by atoms with Gasteiger partial charge in [-0.15, -0.1) is 0 Å². The molecule has 2 aromatic rings. The summed E-state index contributed by atoms with van der Waals surface area (Å²) in [5.74, 6) is 0. The minimum Gasteiger partial charge on any atom is -0.334 e. The highest BCUT2D eigenvalue weighted by atomic mass is 32.2. The van der Waals surface area contributed by atoms with Gasteiger partial charge in [0.2, 0.25) is 0 Å². The van der Waals surface area contributed by atoms with Gasteiger partial charge in [-0.3, -0.25) is 0 Å². The molecule has 0 radical (unpaired) electrons. The summed E-state index contributed by atoms with van der Waals surface area (Å²) in [6.07, 6.45) is -1.36. The van der Waals surface area contributed by atoms with Gasteiger partial charge in [0.15, 0.2) is 0 Å². The zero-order chi connectivity index (χ0) is 14.8. The lowest BCUT2D eigenvalue weighted by atomic mass is 10.0. The third-order valence-corrected chi connectivity index (χ3v) is 3.96. The Kier molecular flexibility index (Phi) is 3.76. The number of aryl methyl sites for hydroxylation is 1. The maximum absolute atomic E-state index is 12.0. The van der Waals surface area contributed by atoms with Crippen molar-refractivity contribution in [2.45, 2.75) is 11.8 Å². The Morgan fingerprint density at radius 1 is 1.10 bits per heavy atom. The topological polar surface area (TPSA) is 86.5 Å². The van der Waals surface area contributed by atoms with Crippen molar-refractivity contribution in [2.75, 3.05) is 0 Å². The number of carbonyl (C=O) groups is 1.